The number of anilines is 1. The standard InChI is InChI=1S/C14H20BrN3O/c1-18(8-10-3-2-6-19-9-10)13-5-4-11(15)7-12(13)14(16)17/h4-5,7,10H,2-3,6,8-9H2,1H3,(H3,16,17). The van der Waals surface area contributed by atoms with Crippen molar-refractivity contribution in [2.24, 2.45) is 11.7 Å². The topological polar surface area (TPSA) is 62.3 Å². The van der Waals surface area contributed by atoms with Crippen LogP contribution in [-0.4, -0.2) is 32.6 Å². The predicted octanol–water partition coefficient (Wildman–Crippen LogP) is 2.60. The molecular formula is C14H20BrN3O. The molecule has 4 nitrogen and oxygen atoms in total. The normalized spacial score (nSPS) is 19.2. The van der Waals surface area contributed by atoms with Gasteiger partial charge in [-0.2, -0.15) is 0 Å². The predicted molar refractivity (Wildman–Crippen MR) is 82.0 cm³/mol. The summed E-state index contributed by atoms with van der Waals surface area (Å²) >= 11 is 3.42. The highest BCUT2D eigenvalue weighted by molar-refractivity contribution is 9.10. The Morgan fingerprint density at radius 3 is 3.00 bits per heavy atom. The van der Waals surface area contributed by atoms with Crippen molar-refractivity contribution in [2.45, 2.75) is 12.8 Å². The van der Waals surface area contributed by atoms with Gasteiger partial charge in [0.15, 0.2) is 0 Å². The Labute approximate surface area is 122 Å². The van der Waals surface area contributed by atoms with Crippen molar-refractivity contribution in [1.29, 1.82) is 5.41 Å². The zero-order valence-electron chi connectivity index (χ0n) is 11.2. The van der Waals surface area contributed by atoms with Crippen molar-refractivity contribution < 1.29 is 4.74 Å². The van der Waals surface area contributed by atoms with E-state index in [4.69, 9.17) is 15.9 Å². The third-order valence-corrected chi connectivity index (χ3v) is 3.94. The van der Waals surface area contributed by atoms with Crippen LogP contribution < -0.4 is 10.6 Å². The lowest BCUT2D eigenvalue weighted by atomic mass is 10.0. The van der Waals surface area contributed by atoms with Crippen LogP contribution in [0, 0.1) is 11.3 Å². The molecule has 1 fully saturated rings. The average molecular weight is 326 g/mol. The maximum atomic E-state index is 7.69. The number of rotatable bonds is 4. The van der Waals surface area contributed by atoms with Gasteiger partial charge in [0.2, 0.25) is 0 Å². The molecule has 5 heteroatoms. The first kappa shape index (κ1) is 14.3. The van der Waals surface area contributed by atoms with Crippen LogP contribution >= 0.6 is 15.9 Å². The van der Waals surface area contributed by atoms with Gasteiger partial charge in [0.1, 0.15) is 5.84 Å². The van der Waals surface area contributed by atoms with Crippen LogP contribution in [0.5, 0.6) is 0 Å². The highest BCUT2D eigenvalue weighted by Crippen LogP contribution is 2.25. The first-order chi connectivity index (χ1) is 9.08. The van der Waals surface area contributed by atoms with Crippen molar-refractivity contribution in [2.75, 3.05) is 31.7 Å². The fourth-order valence-corrected chi connectivity index (χ4v) is 2.85. The number of nitrogen functional groups attached to an aromatic ring is 1. The minimum Gasteiger partial charge on any atom is -0.384 e. The molecule has 0 radical (unpaired) electrons. The summed E-state index contributed by atoms with van der Waals surface area (Å²) in [6, 6.07) is 5.88. The number of nitrogens with zero attached hydrogens (tertiary/aromatic N) is 1. The van der Waals surface area contributed by atoms with Gasteiger partial charge >= 0.3 is 0 Å². The molecule has 0 amide bonds. The Morgan fingerprint density at radius 2 is 2.37 bits per heavy atom. The van der Waals surface area contributed by atoms with Crippen LogP contribution in [0.15, 0.2) is 22.7 Å². The zero-order chi connectivity index (χ0) is 13.8. The maximum absolute atomic E-state index is 7.69. The molecular weight excluding hydrogens is 306 g/mol. The van der Waals surface area contributed by atoms with Gasteiger partial charge < -0.3 is 15.4 Å². The second kappa shape index (κ2) is 6.39. The summed E-state index contributed by atoms with van der Waals surface area (Å²) in [7, 11) is 2.05. The Morgan fingerprint density at radius 1 is 1.58 bits per heavy atom. The molecule has 0 saturated carbocycles. The van der Waals surface area contributed by atoms with E-state index in [1.165, 1.54) is 6.42 Å². The van der Waals surface area contributed by atoms with Crippen molar-refractivity contribution >= 4 is 27.5 Å². The van der Waals surface area contributed by atoms with E-state index in [1.807, 2.05) is 25.2 Å². The molecule has 1 aliphatic heterocycles. The van der Waals surface area contributed by atoms with E-state index in [0.717, 1.165) is 41.9 Å². The second-order valence-electron chi connectivity index (χ2n) is 5.04. The molecule has 2 rings (SSSR count). The molecule has 3 N–H and O–H groups in total. The van der Waals surface area contributed by atoms with Gasteiger partial charge in [0.25, 0.3) is 0 Å². The van der Waals surface area contributed by atoms with Gasteiger partial charge in [0.05, 0.1) is 6.61 Å². The summed E-state index contributed by atoms with van der Waals surface area (Å²) in [6.45, 7) is 2.65. The number of nitrogens with two attached hydrogens (primary N) is 1. The lowest BCUT2D eigenvalue weighted by Crippen LogP contribution is -2.32. The number of halogens is 1. The summed E-state index contributed by atoms with van der Waals surface area (Å²) in [4.78, 5) is 2.17. The minimum absolute atomic E-state index is 0.100. The van der Waals surface area contributed by atoms with E-state index in [1.54, 1.807) is 0 Å². The van der Waals surface area contributed by atoms with Crippen LogP contribution in [0.3, 0.4) is 0 Å². The van der Waals surface area contributed by atoms with E-state index < -0.39 is 0 Å². The fourth-order valence-electron chi connectivity index (χ4n) is 2.49. The average Bonchev–Trinajstić information content (AvgIpc) is 2.39. The highest BCUT2D eigenvalue weighted by atomic mass is 79.9. The van der Waals surface area contributed by atoms with Crippen LogP contribution in [0.2, 0.25) is 0 Å². The van der Waals surface area contributed by atoms with Crippen molar-refractivity contribution in [3.63, 3.8) is 0 Å². The lowest BCUT2D eigenvalue weighted by molar-refractivity contribution is 0.0576. The second-order valence-corrected chi connectivity index (χ2v) is 5.95. The number of hydrogen-bond donors (Lipinski definition) is 2. The first-order valence-electron chi connectivity index (χ1n) is 6.50. The van der Waals surface area contributed by atoms with E-state index in [2.05, 4.69) is 20.8 Å². The summed E-state index contributed by atoms with van der Waals surface area (Å²) in [5.74, 6) is 0.658. The molecule has 1 atom stereocenters. The van der Waals surface area contributed by atoms with Gasteiger partial charge in [0, 0.05) is 35.9 Å². The first-order valence-corrected chi connectivity index (χ1v) is 7.30. The van der Waals surface area contributed by atoms with Gasteiger partial charge in [-0.3, -0.25) is 5.41 Å². The van der Waals surface area contributed by atoms with Gasteiger partial charge in [-0.25, -0.2) is 0 Å². The van der Waals surface area contributed by atoms with Crippen molar-refractivity contribution in [3.05, 3.63) is 28.2 Å². The van der Waals surface area contributed by atoms with Crippen LogP contribution in [-0.2, 0) is 4.74 Å². The fraction of sp³-hybridized carbons (Fsp3) is 0.500. The van der Waals surface area contributed by atoms with Crippen LogP contribution in [0.1, 0.15) is 18.4 Å². The zero-order valence-corrected chi connectivity index (χ0v) is 12.7. The molecule has 1 aliphatic rings. The van der Waals surface area contributed by atoms with Gasteiger partial charge in [-0.1, -0.05) is 15.9 Å². The Bertz CT molecular complexity index is 458. The summed E-state index contributed by atoms with van der Waals surface area (Å²) in [5.41, 5.74) is 7.44. The van der Waals surface area contributed by atoms with Crippen molar-refractivity contribution in [1.82, 2.24) is 0 Å². The number of hydrogen-bond acceptors (Lipinski definition) is 3. The SMILES string of the molecule is CN(CC1CCCOC1)c1ccc(Br)cc1C(=N)N. The lowest BCUT2D eigenvalue weighted by Gasteiger charge is -2.29. The Kier molecular flexibility index (Phi) is 4.82. The number of benzene rings is 1. The molecule has 104 valence electrons. The van der Waals surface area contributed by atoms with E-state index in [-0.39, 0.29) is 5.84 Å². The number of amidine groups is 1. The largest absolute Gasteiger partial charge is 0.384 e. The molecule has 19 heavy (non-hydrogen) atoms. The molecule has 1 unspecified atom stereocenters. The third kappa shape index (κ3) is 3.70. The molecule has 1 aromatic rings. The van der Waals surface area contributed by atoms with Crippen LogP contribution in [0.25, 0.3) is 0 Å². The maximum Gasteiger partial charge on any atom is 0.124 e. The van der Waals surface area contributed by atoms with Crippen LogP contribution in [0.4, 0.5) is 5.69 Å². The Hall–Kier alpha value is -1.07. The monoisotopic (exact) mass is 325 g/mol. The molecule has 1 heterocycles. The summed E-state index contributed by atoms with van der Waals surface area (Å²) < 4.78 is 6.46. The van der Waals surface area contributed by atoms with E-state index in [9.17, 15) is 0 Å². The number of ether oxygens (including phenoxy) is 1. The molecule has 0 aliphatic carbocycles. The van der Waals surface area contributed by atoms with Gasteiger partial charge in [-0.15, -0.1) is 0 Å². The van der Waals surface area contributed by atoms with Crippen molar-refractivity contribution in [3.8, 4) is 0 Å². The highest BCUT2D eigenvalue weighted by Gasteiger charge is 2.18. The number of nitrogens with one attached hydrogen (secondary N) is 1. The molecule has 1 aromatic carbocycles. The summed E-state index contributed by atoms with van der Waals surface area (Å²) in [6.07, 6.45) is 2.34. The molecule has 0 bridgehead atoms. The molecule has 0 spiro atoms. The minimum atomic E-state index is 0.100. The van der Waals surface area contributed by atoms with Gasteiger partial charge in [-0.05, 0) is 37.0 Å². The molecule has 1 saturated heterocycles. The molecule has 0 aromatic heterocycles. The summed E-state index contributed by atoms with van der Waals surface area (Å²) in [5, 5.41) is 7.69. The van der Waals surface area contributed by atoms with E-state index in [0.29, 0.717) is 5.92 Å². The quantitative estimate of drug-likeness (QED) is 0.660. The Balaban J connectivity index is 2.13. The third-order valence-electron chi connectivity index (χ3n) is 3.45. The smallest absolute Gasteiger partial charge is 0.124 e. The van der Waals surface area contributed by atoms with E-state index >= 15 is 0 Å².